The van der Waals surface area contributed by atoms with Crippen molar-refractivity contribution in [1.29, 1.82) is 0 Å². The summed E-state index contributed by atoms with van der Waals surface area (Å²) < 4.78 is 27.1. The van der Waals surface area contributed by atoms with Crippen LogP contribution >= 0.6 is 11.3 Å². The number of hydrogen-bond donors (Lipinski definition) is 0. The van der Waals surface area contributed by atoms with Crippen molar-refractivity contribution >= 4 is 33.2 Å². The number of carbonyl (C=O) groups excluding carboxylic acids is 2. The Morgan fingerprint density at radius 1 is 1.23 bits per heavy atom. The lowest BCUT2D eigenvalue weighted by atomic mass is 10.1. The number of carbonyl (C=O) groups is 2. The predicted octanol–water partition coefficient (Wildman–Crippen LogP) is 1.15. The summed E-state index contributed by atoms with van der Waals surface area (Å²) in [7, 11) is -3.48. The molecule has 9 heteroatoms. The summed E-state index contributed by atoms with van der Waals surface area (Å²) in [5, 5.41) is 0. The average Bonchev–Trinajstić information content (AvgIpc) is 3.21. The fraction of sp³-hybridized carbons (Fsp3) is 0.647. The second kappa shape index (κ2) is 7.66. The van der Waals surface area contributed by atoms with Crippen LogP contribution in [0.2, 0.25) is 0 Å². The molecule has 1 aromatic rings. The van der Waals surface area contributed by atoms with Crippen LogP contribution in [-0.4, -0.2) is 73.6 Å². The molecule has 0 aromatic carbocycles. The number of hydrogen-bond acceptors (Lipinski definition) is 5. The van der Waals surface area contributed by atoms with Crippen molar-refractivity contribution < 1.29 is 18.0 Å². The van der Waals surface area contributed by atoms with Crippen molar-refractivity contribution in [3.8, 4) is 0 Å². The summed E-state index contributed by atoms with van der Waals surface area (Å²) >= 11 is 1.27. The van der Waals surface area contributed by atoms with E-state index in [4.69, 9.17) is 0 Å². The van der Waals surface area contributed by atoms with Crippen LogP contribution in [0, 0.1) is 12.8 Å². The maximum atomic E-state index is 12.7. The number of rotatable bonds is 5. The summed E-state index contributed by atoms with van der Waals surface area (Å²) in [6, 6.07) is 3.44. The van der Waals surface area contributed by atoms with Gasteiger partial charge in [-0.3, -0.25) is 9.59 Å². The maximum absolute atomic E-state index is 12.7. The first-order chi connectivity index (χ1) is 12.3. The molecule has 2 aliphatic rings. The van der Waals surface area contributed by atoms with E-state index in [0.29, 0.717) is 43.5 Å². The van der Waals surface area contributed by atoms with Crippen LogP contribution in [0.3, 0.4) is 0 Å². The summed E-state index contributed by atoms with van der Waals surface area (Å²) in [6.45, 7) is 6.41. The number of amides is 2. The second-order valence-electron chi connectivity index (χ2n) is 6.84. The van der Waals surface area contributed by atoms with Crippen molar-refractivity contribution in [2.24, 2.45) is 5.92 Å². The minimum absolute atomic E-state index is 0.0269. The minimum Gasteiger partial charge on any atom is -0.342 e. The third kappa shape index (κ3) is 3.79. The van der Waals surface area contributed by atoms with E-state index in [1.165, 1.54) is 15.6 Å². The molecule has 0 radical (unpaired) electrons. The van der Waals surface area contributed by atoms with E-state index in [9.17, 15) is 18.0 Å². The highest BCUT2D eigenvalue weighted by molar-refractivity contribution is 7.91. The quantitative estimate of drug-likeness (QED) is 0.744. The van der Waals surface area contributed by atoms with Crippen molar-refractivity contribution in [1.82, 2.24) is 14.1 Å². The highest BCUT2D eigenvalue weighted by Gasteiger charge is 2.38. The molecule has 0 N–H and O–H groups in total. The van der Waals surface area contributed by atoms with Crippen LogP contribution in [0.25, 0.3) is 0 Å². The first-order valence-corrected chi connectivity index (χ1v) is 11.2. The van der Waals surface area contributed by atoms with Crippen molar-refractivity contribution in [3.05, 3.63) is 17.0 Å². The zero-order chi connectivity index (χ0) is 18.9. The Labute approximate surface area is 158 Å². The van der Waals surface area contributed by atoms with Crippen molar-refractivity contribution in [2.45, 2.75) is 30.9 Å². The summed E-state index contributed by atoms with van der Waals surface area (Å²) in [5.74, 6) is -0.280. The molecule has 7 nitrogen and oxygen atoms in total. The van der Waals surface area contributed by atoms with Gasteiger partial charge in [-0.05, 0) is 25.5 Å². The van der Waals surface area contributed by atoms with E-state index in [-0.39, 0.29) is 24.2 Å². The fourth-order valence-corrected chi connectivity index (χ4v) is 6.37. The molecule has 26 heavy (non-hydrogen) atoms. The van der Waals surface area contributed by atoms with Gasteiger partial charge in [-0.1, -0.05) is 6.92 Å². The zero-order valence-corrected chi connectivity index (χ0v) is 16.8. The SMILES string of the molecule is CCCN1CC(C(=O)N2CCN(S(=O)(=O)c3ccc(C)s3)CC2)CC1=O. The largest absolute Gasteiger partial charge is 0.342 e. The molecule has 144 valence electrons. The molecule has 2 saturated heterocycles. The molecule has 3 heterocycles. The average molecular weight is 400 g/mol. The van der Waals surface area contributed by atoms with Crippen LogP contribution in [0.1, 0.15) is 24.6 Å². The normalized spacial score (nSPS) is 22.2. The van der Waals surface area contributed by atoms with Gasteiger partial charge in [-0.25, -0.2) is 8.42 Å². The van der Waals surface area contributed by atoms with Gasteiger partial charge >= 0.3 is 0 Å². The van der Waals surface area contributed by atoms with E-state index < -0.39 is 10.0 Å². The third-order valence-corrected chi connectivity index (χ3v) is 8.28. The highest BCUT2D eigenvalue weighted by Crippen LogP contribution is 2.26. The van der Waals surface area contributed by atoms with Gasteiger partial charge in [0.25, 0.3) is 10.0 Å². The Bertz CT molecular complexity index is 782. The fourth-order valence-electron chi connectivity index (χ4n) is 3.51. The molecular formula is C17H25N3O4S2. The van der Waals surface area contributed by atoms with Crippen LogP contribution in [0.5, 0.6) is 0 Å². The Kier molecular flexibility index (Phi) is 5.69. The predicted molar refractivity (Wildman–Crippen MR) is 99.4 cm³/mol. The number of sulfonamides is 1. The molecule has 0 aliphatic carbocycles. The summed E-state index contributed by atoms with van der Waals surface area (Å²) in [5.41, 5.74) is 0. The molecule has 0 bridgehead atoms. The third-order valence-electron chi connectivity index (χ3n) is 4.92. The molecule has 3 rings (SSSR count). The smallest absolute Gasteiger partial charge is 0.252 e. The minimum atomic E-state index is -3.48. The number of likely N-dealkylation sites (tertiary alicyclic amines) is 1. The lowest BCUT2D eigenvalue weighted by Gasteiger charge is -2.34. The molecule has 1 aromatic heterocycles. The van der Waals surface area contributed by atoms with Gasteiger partial charge in [-0.2, -0.15) is 4.31 Å². The first-order valence-electron chi connectivity index (χ1n) is 8.96. The summed E-state index contributed by atoms with van der Waals surface area (Å²) in [4.78, 5) is 29.1. The first kappa shape index (κ1) is 19.3. The standard InChI is InChI=1S/C17H25N3O4S2/c1-3-6-19-12-14(11-15(19)21)17(22)18-7-9-20(10-8-18)26(23,24)16-5-4-13(2)25-16/h4-5,14H,3,6-12H2,1-2H3. The van der Waals surface area contributed by atoms with Crippen LogP contribution in [0.4, 0.5) is 0 Å². The van der Waals surface area contributed by atoms with E-state index in [1.54, 1.807) is 21.9 Å². The second-order valence-corrected chi connectivity index (χ2v) is 10.3. The number of aryl methyl sites for hydroxylation is 1. The number of piperazine rings is 1. The Morgan fingerprint density at radius 2 is 1.92 bits per heavy atom. The molecule has 1 atom stereocenters. The van der Waals surface area contributed by atoms with E-state index >= 15 is 0 Å². The molecule has 2 amide bonds. The molecule has 0 saturated carbocycles. The van der Waals surface area contributed by atoms with Gasteiger partial charge in [0.1, 0.15) is 4.21 Å². The lowest BCUT2D eigenvalue weighted by molar-refractivity contribution is -0.137. The zero-order valence-electron chi connectivity index (χ0n) is 15.2. The monoisotopic (exact) mass is 399 g/mol. The van der Waals surface area contributed by atoms with Crippen LogP contribution in [0.15, 0.2) is 16.3 Å². The van der Waals surface area contributed by atoms with Gasteiger partial charge in [0.2, 0.25) is 11.8 Å². The molecular weight excluding hydrogens is 374 g/mol. The molecule has 2 fully saturated rings. The van der Waals surface area contributed by atoms with Crippen LogP contribution < -0.4 is 0 Å². The number of thiophene rings is 1. The van der Waals surface area contributed by atoms with Gasteiger partial charge in [-0.15, -0.1) is 11.3 Å². The van der Waals surface area contributed by atoms with E-state index in [2.05, 4.69) is 0 Å². The Morgan fingerprint density at radius 3 is 2.50 bits per heavy atom. The van der Waals surface area contributed by atoms with E-state index in [1.807, 2.05) is 13.8 Å². The van der Waals surface area contributed by atoms with Gasteiger partial charge in [0.05, 0.1) is 5.92 Å². The summed E-state index contributed by atoms with van der Waals surface area (Å²) in [6.07, 6.45) is 1.15. The van der Waals surface area contributed by atoms with Gasteiger partial charge in [0.15, 0.2) is 0 Å². The maximum Gasteiger partial charge on any atom is 0.252 e. The van der Waals surface area contributed by atoms with Gasteiger partial charge in [0, 0.05) is 50.6 Å². The lowest BCUT2D eigenvalue weighted by Crippen LogP contribution is -2.52. The van der Waals surface area contributed by atoms with Crippen molar-refractivity contribution in [2.75, 3.05) is 39.3 Å². The van der Waals surface area contributed by atoms with Gasteiger partial charge < -0.3 is 9.80 Å². The molecule has 0 spiro atoms. The molecule has 1 unspecified atom stereocenters. The number of nitrogens with zero attached hydrogens (tertiary/aromatic N) is 3. The Hall–Kier alpha value is -1.45. The van der Waals surface area contributed by atoms with E-state index in [0.717, 1.165) is 11.3 Å². The highest BCUT2D eigenvalue weighted by atomic mass is 32.2. The van der Waals surface area contributed by atoms with Crippen molar-refractivity contribution in [3.63, 3.8) is 0 Å². The topological polar surface area (TPSA) is 78.0 Å². The van der Waals surface area contributed by atoms with Crippen LogP contribution in [-0.2, 0) is 19.6 Å². The Balaban J connectivity index is 1.58. The molecule has 2 aliphatic heterocycles.